The number of ether oxygens (including phenoxy) is 2. The number of fused-ring (bicyclic) bond motifs is 1. The number of benzene rings is 2. The topological polar surface area (TPSA) is 85.9 Å². The summed E-state index contributed by atoms with van der Waals surface area (Å²) in [5, 5.41) is 11.7. The van der Waals surface area contributed by atoms with E-state index in [-0.39, 0.29) is 17.9 Å². The molecule has 2 aliphatic heterocycles. The minimum Gasteiger partial charge on any atom is -0.490 e. The van der Waals surface area contributed by atoms with Gasteiger partial charge in [0.2, 0.25) is 0 Å². The summed E-state index contributed by atoms with van der Waals surface area (Å²) in [5.74, 6) is 0.576. The molecular weight excluding hydrogens is 470 g/mol. The Morgan fingerprint density at radius 2 is 1.83 bits per heavy atom. The fourth-order valence-corrected chi connectivity index (χ4v) is 4.80. The first kappa shape index (κ1) is 23.3. The summed E-state index contributed by atoms with van der Waals surface area (Å²) >= 11 is 6.02. The molecule has 2 aliphatic rings. The molecule has 0 spiro atoms. The molecule has 0 radical (unpaired) electrons. The highest BCUT2D eigenvalue weighted by Crippen LogP contribution is 2.28. The molecule has 10 heteroatoms. The summed E-state index contributed by atoms with van der Waals surface area (Å²) in [4.78, 5) is 19.1. The lowest BCUT2D eigenvalue weighted by Gasteiger charge is -2.39. The molecule has 5 rings (SSSR count). The van der Waals surface area contributed by atoms with Crippen molar-refractivity contribution in [2.75, 3.05) is 36.5 Å². The number of imidazole rings is 1. The zero-order chi connectivity index (χ0) is 24.4. The molecule has 3 aromatic rings. The van der Waals surface area contributed by atoms with Crippen molar-refractivity contribution in [2.45, 2.75) is 38.0 Å². The lowest BCUT2D eigenvalue weighted by Crippen LogP contribution is -2.43. The molecule has 1 aromatic heterocycles. The fourth-order valence-electron chi connectivity index (χ4n) is 4.68. The third-order valence-corrected chi connectivity index (χ3v) is 7.01. The number of piperidine rings is 1. The van der Waals surface area contributed by atoms with Crippen LogP contribution in [0, 0.1) is 10.1 Å². The third kappa shape index (κ3) is 5.30. The molecule has 1 atom stereocenters. The van der Waals surface area contributed by atoms with Gasteiger partial charge in [0.25, 0.3) is 0 Å². The minimum absolute atomic E-state index is 0.194. The van der Waals surface area contributed by atoms with Gasteiger partial charge in [-0.1, -0.05) is 11.6 Å². The number of rotatable bonds is 7. The Balaban J connectivity index is 1.10. The number of nitrogens with zero attached hydrogens (tertiary/aromatic N) is 5. The Labute approximate surface area is 209 Å². The van der Waals surface area contributed by atoms with Crippen LogP contribution in [-0.2, 0) is 6.54 Å². The smallest absolute Gasteiger partial charge is 0.414 e. The Kier molecular flexibility index (Phi) is 6.68. The fraction of sp³-hybridized carbons (Fsp3) is 0.400. The van der Waals surface area contributed by atoms with E-state index in [4.69, 9.17) is 21.1 Å². The van der Waals surface area contributed by atoms with Gasteiger partial charge in [0.1, 0.15) is 24.7 Å². The summed E-state index contributed by atoms with van der Waals surface area (Å²) in [6, 6.07) is 17.0. The van der Waals surface area contributed by atoms with Crippen molar-refractivity contribution in [3.63, 3.8) is 0 Å². The maximum absolute atomic E-state index is 10.9. The maximum Gasteiger partial charge on any atom is 0.414 e. The van der Waals surface area contributed by atoms with Crippen molar-refractivity contribution in [3.8, 4) is 11.8 Å². The lowest BCUT2D eigenvalue weighted by molar-refractivity contribution is -0.389. The van der Waals surface area contributed by atoms with E-state index in [2.05, 4.69) is 46.1 Å². The molecule has 184 valence electrons. The molecule has 3 heterocycles. The molecule has 0 bridgehead atoms. The second kappa shape index (κ2) is 10.0. The average molecular weight is 498 g/mol. The van der Waals surface area contributed by atoms with Crippen LogP contribution in [-0.4, -0.2) is 53.4 Å². The molecule has 0 aliphatic carbocycles. The van der Waals surface area contributed by atoms with E-state index in [1.807, 2.05) is 24.3 Å². The molecule has 0 saturated carbocycles. The second-order valence-corrected chi connectivity index (χ2v) is 9.41. The number of halogens is 1. The monoisotopic (exact) mass is 497 g/mol. The zero-order valence-electron chi connectivity index (χ0n) is 19.5. The van der Waals surface area contributed by atoms with Crippen LogP contribution in [0.2, 0.25) is 5.02 Å². The highest BCUT2D eigenvalue weighted by atomic mass is 35.5. The largest absolute Gasteiger partial charge is 0.490 e. The maximum atomic E-state index is 10.9. The first-order valence-corrected chi connectivity index (χ1v) is 12.2. The number of hydrogen-bond acceptors (Lipinski definition) is 7. The van der Waals surface area contributed by atoms with Gasteiger partial charge in [0, 0.05) is 60.5 Å². The van der Waals surface area contributed by atoms with Crippen LogP contribution in [0.3, 0.4) is 0 Å². The summed E-state index contributed by atoms with van der Waals surface area (Å²) in [6.07, 6.45) is 4.09. The van der Waals surface area contributed by atoms with Crippen LogP contribution >= 0.6 is 11.6 Å². The number of anilines is 2. The van der Waals surface area contributed by atoms with Gasteiger partial charge in [-0.2, -0.15) is 0 Å². The predicted molar refractivity (Wildman–Crippen MR) is 135 cm³/mol. The summed E-state index contributed by atoms with van der Waals surface area (Å²) < 4.78 is 13.4. The van der Waals surface area contributed by atoms with E-state index in [0.717, 1.165) is 36.7 Å². The molecule has 1 unspecified atom stereocenters. The quantitative estimate of drug-likeness (QED) is 0.343. The average Bonchev–Trinajstić information content (AvgIpc) is 3.32. The van der Waals surface area contributed by atoms with Gasteiger partial charge >= 0.3 is 11.8 Å². The zero-order valence-corrected chi connectivity index (χ0v) is 20.3. The number of hydrogen-bond donors (Lipinski definition) is 0. The van der Waals surface area contributed by atoms with Crippen molar-refractivity contribution < 1.29 is 14.4 Å². The Morgan fingerprint density at radius 3 is 2.51 bits per heavy atom. The van der Waals surface area contributed by atoms with Crippen LogP contribution in [0.25, 0.3) is 0 Å². The van der Waals surface area contributed by atoms with Gasteiger partial charge in [0.15, 0.2) is 0 Å². The van der Waals surface area contributed by atoms with E-state index in [1.54, 1.807) is 4.57 Å². The molecule has 1 fully saturated rings. The molecule has 0 amide bonds. The van der Waals surface area contributed by atoms with Crippen molar-refractivity contribution >= 4 is 28.8 Å². The van der Waals surface area contributed by atoms with E-state index < -0.39 is 4.92 Å². The normalized spacial score (nSPS) is 18.0. The van der Waals surface area contributed by atoms with Gasteiger partial charge in [0.05, 0.1) is 0 Å². The van der Waals surface area contributed by atoms with E-state index in [9.17, 15) is 10.1 Å². The molecule has 0 N–H and O–H groups in total. The van der Waals surface area contributed by atoms with Crippen LogP contribution in [0.4, 0.5) is 17.2 Å². The van der Waals surface area contributed by atoms with Gasteiger partial charge in [-0.15, -0.1) is 0 Å². The van der Waals surface area contributed by atoms with Crippen LogP contribution in [0.5, 0.6) is 11.8 Å². The van der Waals surface area contributed by atoms with E-state index in [1.165, 1.54) is 17.6 Å². The Morgan fingerprint density at radius 1 is 1.11 bits per heavy atom. The summed E-state index contributed by atoms with van der Waals surface area (Å²) in [5.41, 5.74) is 2.38. The van der Waals surface area contributed by atoms with Gasteiger partial charge in [-0.25, -0.2) is 0 Å². The van der Waals surface area contributed by atoms with Crippen molar-refractivity contribution in [1.82, 2.24) is 9.55 Å². The van der Waals surface area contributed by atoms with Crippen LogP contribution in [0.15, 0.2) is 54.7 Å². The van der Waals surface area contributed by atoms with Crippen molar-refractivity contribution in [3.05, 3.63) is 69.9 Å². The minimum atomic E-state index is -0.512. The SMILES string of the molecule is CN(c1ccc(Cl)cc1)C1CCN(c2ccc(OCC3CCn4cc([N+](=O)[O-])nc4O3)cc2)CC1. The molecule has 9 nitrogen and oxygen atoms in total. The molecule has 35 heavy (non-hydrogen) atoms. The number of aromatic nitrogens is 2. The summed E-state index contributed by atoms with van der Waals surface area (Å²) in [7, 11) is 2.15. The third-order valence-electron chi connectivity index (χ3n) is 6.76. The number of nitro groups is 1. The molecular formula is C25H28ClN5O4. The highest BCUT2D eigenvalue weighted by molar-refractivity contribution is 6.30. The standard InChI is InChI=1S/C25H28ClN5O4/c1-28(19-4-2-18(26)3-5-19)20-10-13-29(14-11-20)21-6-8-22(9-7-21)34-17-23-12-15-30-16-24(31(32)33)27-25(30)35-23/h2-9,16,20,23H,10-15,17H2,1H3. The molecule has 2 aromatic carbocycles. The van der Waals surface area contributed by atoms with E-state index in [0.29, 0.717) is 25.6 Å². The van der Waals surface area contributed by atoms with Gasteiger partial charge < -0.3 is 29.4 Å². The predicted octanol–water partition coefficient (Wildman–Crippen LogP) is 4.78. The van der Waals surface area contributed by atoms with E-state index >= 15 is 0 Å². The highest BCUT2D eigenvalue weighted by Gasteiger charge is 2.28. The first-order chi connectivity index (χ1) is 17.0. The number of aryl methyl sites for hydroxylation is 1. The second-order valence-electron chi connectivity index (χ2n) is 8.97. The Hall–Kier alpha value is -3.46. The van der Waals surface area contributed by atoms with Crippen LogP contribution < -0.4 is 19.3 Å². The van der Waals surface area contributed by atoms with Crippen molar-refractivity contribution in [1.29, 1.82) is 0 Å². The van der Waals surface area contributed by atoms with Gasteiger partial charge in [-0.3, -0.25) is 4.57 Å². The van der Waals surface area contributed by atoms with Gasteiger partial charge in [-0.05, 0) is 66.3 Å². The lowest BCUT2D eigenvalue weighted by atomic mass is 10.0. The Bertz CT molecular complexity index is 1160. The summed E-state index contributed by atoms with van der Waals surface area (Å²) in [6.45, 7) is 2.98. The van der Waals surface area contributed by atoms with Crippen molar-refractivity contribution in [2.24, 2.45) is 0 Å². The first-order valence-electron chi connectivity index (χ1n) is 11.8. The van der Waals surface area contributed by atoms with Crippen LogP contribution in [0.1, 0.15) is 19.3 Å². The molecule has 1 saturated heterocycles.